The molecule has 1 N–H and O–H groups in total. The van der Waals surface area contributed by atoms with Gasteiger partial charge in [-0.2, -0.15) is 0 Å². The molecule has 136 valence electrons. The van der Waals surface area contributed by atoms with Crippen molar-refractivity contribution < 1.29 is 14.3 Å². The highest BCUT2D eigenvalue weighted by molar-refractivity contribution is 7.24. The molecule has 0 bridgehead atoms. The number of rotatable bonds is 6. The Morgan fingerprint density at radius 1 is 1.31 bits per heavy atom. The first-order chi connectivity index (χ1) is 12.5. The van der Waals surface area contributed by atoms with Gasteiger partial charge in [0.25, 0.3) is 5.91 Å². The first-order valence-corrected chi connectivity index (χ1v) is 10.5. The van der Waals surface area contributed by atoms with Crippen molar-refractivity contribution in [3.05, 3.63) is 49.4 Å². The number of methoxy groups -OCH3 is 1. The first-order valence-electron chi connectivity index (χ1n) is 7.62. The fourth-order valence-electron chi connectivity index (χ4n) is 2.33. The van der Waals surface area contributed by atoms with Crippen LogP contribution < -0.4 is 5.32 Å². The summed E-state index contributed by atoms with van der Waals surface area (Å²) in [6.45, 7) is 1.80. The zero-order valence-corrected chi connectivity index (χ0v) is 17.2. The number of amides is 1. The lowest BCUT2D eigenvalue weighted by molar-refractivity contribution is -0.141. The second kappa shape index (κ2) is 8.30. The maximum Gasteiger partial charge on any atom is 0.307 e. The quantitative estimate of drug-likeness (QED) is 0.567. The van der Waals surface area contributed by atoms with Gasteiger partial charge in [0.05, 0.1) is 34.5 Å². The van der Waals surface area contributed by atoms with Crippen molar-refractivity contribution in [3.8, 4) is 9.88 Å². The molecule has 0 saturated carbocycles. The predicted octanol–water partition coefficient (Wildman–Crippen LogP) is 4.93. The Hall–Kier alpha value is -1.74. The Balaban J connectivity index is 1.81. The SMILES string of the molecule is COC(=O)CC(NC(=O)c1sc(-c2ccc(Cl)s2)nc1C)c1cccs1. The highest BCUT2D eigenvalue weighted by Crippen LogP contribution is 2.35. The van der Waals surface area contributed by atoms with Gasteiger partial charge < -0.3 is 10.1 Å². The summed E-state index contributed by atoms with van der Waals surface area (Å²) in [4.78, 5) is 31.3. The van der Waals surface area contributed by atoms with E-state index >= 15 is 0 Å². The van der Waals surface area contributed by atoms with Crippen LogP contribution in [0.4, 0.5) is 0 Å². The summed E-state index contributed by atoms with van der Waals surface area (Å²) < 4.78 is 5.42. The Morgan fingerprint density at radius 2 is 2.12 bits per heavy atom. The second-order valence-corrected chi connectivity index (χ2v) is 9.05. The molecule has 26 heavy (non-hydrogen) atoms. The summed E-state index contributed by atoms with van der Waals surface area (Å²) in [5.41, 5.74) is 0.648. The number of aromatic nitrogens is 1. The molecule has 3 aromatic heterocycles. The number of nitrogens with zero attached hydrogens (tertiary/aromatic N) is 1. The van der Waals surface area contributed by atoms with E-state index in [2.05, 4.69) is 10.3 Å². The zero-order valence-electron chi connectivity index (χ0n) is 13.9. The molecule has 1 atom stereocenters. The lowest BCUT2D eigenvalue weighted by Crippen LogP contribution is -2.29. The minimum atomic E-state index is -0.434. The number of aryl methyl sites for hydroxylation is 1. The maximum atomic E-state index is 12.8. The van der Waals surface area contributed by atoms with E-state index in [4.69, 9.17) is 16.3 Å². The number of thiophene rings is 2. The van der Waals surface area contributed by atoms with Crippen molar-refractivity contribution in [2.75, 3.05) is 7.11 Å². The summed E-state index contributed by atoms with van der Waals surface area (Å²) in [5, 5.41) is 5.59. The number of thiazole rings is 1. The molecule has 0 aliphatic heterocycles. The van der Waals surface area contributed by atoms with Crippen LogP contribution in [0.25, 0.3) is 9.88 Å². The Bertz CT molecular complexity index is 918. The molecule has 0 spiro atoms. The molecule has 0 fully saturated rings. The van der Waals surface area contributed by atoms with Crippen LogP contribution in [0.1, 0.15) is 32.7 Å². The fraction of sp³-hybridized carbons (Fsp3) is 0.235. The molecule has 0 radical (unpaired) electrons. The van der Waals surface area contributed by atoms with Crippen molar-refractivity contribution in [2.45, 2.75) is 19.4 Å². The third-order valence-corrected chi connectivity index (χ3v) is 7.12. The second-order valence-electron chi connectivity index (χ2n) is 5.36. The minimum Gasteiger partial charge on any atom is -0.469 e. The van der Waals surface area contributed by atoms with Crippen molar-refractivity contribution in [1.82, 2.24) is 10.3 Å². The summed E-state index contributed by atoms with van der Waals surface area (Å²) in [6.07, 6.45) is 0.0774. The molecule has 9 heteroatoms. The number of nitrogens with one attached hydrogen (secondary N) is 1. The lowest BCUT2D eigenvalue weighted by atomic mass is 10.1. The molecule has 3 rings (SSSR count). The van der Waals surface area contributed by atoms with Gasteiger partial charge in [-0.25, -0.2) is 4.98 Å². The zero-order chi connectivity index (χ0) is 18.7. The summed E-state index contributed by atoms with van der Waals surface area (Å²) in [7, 11) is 1.33. The molecule has 3 heterocycles. The molecule has 5 nitrogen and oxygen atoms in total. The highest BCUT2D eigenvalue weighted by atomic mass is 35.5. The van der Waals surface area contributed by atoms with Crippen LogP contribution in [0.5, 0.6) is 0 Å². The van der Waals surface area contributed by atoms with Crippen molar-refractivity contribution in [3.63, 3.8) is 0 Å². The van der Waals surface area contributed by atoms with Crippen LogP contribution in [0.2, 0.25) is 4.34 Å². The number of hydrogen-bond donors (Lipinski definition) is 1. The third-order valence-electron chi connectivity index (χ3n) is 3.58. The van der Waals surface area contributed by atoms with E-state index in [1.807, 2.05) is 23.6 Å². The van der Waals surface area contributed by atoms with Crippen LogP contribution in [0.15, 0.2) is 29.6 Å². The van der Waals surface area contributed by atoms with E-state index in [0.717, 1.165) is 14.8 Å². The predicted molar refractivity (Wildman–Crippen MR) is 106 cm³/mol. The van der Waals surface area contributed by atoms with E-state index in [9.17, 15) is 9.59 Å². The number of carbonyl (C=O) groups is 2. The van der Waals surface area contributed by atoms with Gasteiger partial charge in [0, 0.05) is 4.88 Å². The molecule has 0 saturated heterocycles. The van der Waals surface area contributed by atoms with Crippen LogP contribution in [0, 0.1) is 6.92 Å². The largest absolute Gasteiger partial charge is 0.469 e. The highest BCUT2D eigenvalue weighted by Gasteiger charge is 2.23. The average molecular weight is 427 g/mol. The van der Waals surface area contributed by atoms with Crippen LogP contribution in [-0.2, 0) is 9.53 Å². The van der Waals surface area contributed by atoms with Gasteiger partial charge in [0.15, 0.2) is 0 Å². The number of hydrogen-bond acceptors (Lipinski definition) is 7. The fourth-order valence-corrected chi connectivity index (χ4v) is 5.17. The van der Waals surface area contributed by atoms with E-state index < -0.39 is 6.04 Å². The van der Waals surface area contributed by atoms with Gasteiger partial charge >= 0.3 is 5.97 Å². The molecule has 3 aromatic rings. The van der Waals surface area contributed by atoms with Gasteiger partial charge in [-0.15, -0.1) is 34.0 Å². The van der Waals surface area contributed by atoms with Crippen molar-refractivity contribution >= 4 is 57.5 Å². The van der Waals surface area contributed by atoms with Gasteiger partial charge in [0.1, 0.15) is 9.88 Å². The van der Waals surface area contributed by atoms with E-state index in [1.165, 1.54) is 41.1 Å². The van der Waals surface area contributed by atoms with Crippen molar-refractivity contribution in [2.24, 2.45) is 0 Å². The van der Waals surface area contributed by atoms with E-state index in [1.54, 1.807) is 13.0 Å². The summed E-state index contributed by atoms with van der Waals surface area (Å²) in [6, 6.07) is 7.03. The smallest absolute Gasteiger partial charge is 0.307 e. The van der Waals surface area contributed by atoms with Crippen LogP contribution >= 0.6 is 45.6 Å². The third kappa shape index (κ3) is 4.32. The Morgan fingerprint density at radius 3 is 2.73 bits per heavy atom. The Kier molecular flexibility index (Phi) is 6.08. The molecule has 1 amide bonds. The molecule has 0 aliphatic rings. The molecule has 0 aliphatic carbocycles. The van der Waals surface area contributed by atoms with E-state index in [0.29, 0.717) is 14.9 Å². The van der Waals surface area contributed by atoms with E-state index in [-0.39, 0.29) is 18.3 Å². The normalized spacial score (nSPS) is 12.0. The summed E-state index contributed by atoms with van der Waals surface area (Å²) >= 11 is 10.2. The molecular weight excluding hydrogens is 412 g/mol. The van der Waals surface area contributed by atoms with Crippen molar-refractivity contribution in [1.29, 1.82) is 0 Å². The number of halogens is 1. The first kappa shape index (κ1) is 19.0. The number of ether oxygens (including phenoxy) is 1. The monoisotopic (exact) mass is 426 g/mol. The number of carbonyl (C=O) groups excluding carboxylic acids is 2. The lowest BCUT2D eigenvalue weighted by Gasteiger charge is -2.16. The summed E-state index contributed by atoms with van der Waals surface area (Å²) in [5.74, 6) is -0.630. The molecule has 1 unspecified atom stereocenters. The van der Waals surface area contributed by atoms with Crippen LogP contribution in [-0.4, -0.2) is 24.0 Å². The topological polar surface area (TPSA) is 68.3 Å². The van der Waals surface area contributed by atoms with Gasteiger partial charge in [0.2, 0.25) is 0 Å². The van der Waals surface area contributed by atoms with Gasteiger partial charge in [-0.05, 0) is 30.5 Å². The average Bonchev–Trinajstić information content (AvgIpc) is 3.34. The minimum absolute atomic E-state index is 0.0774. The standard InChI is InChI=1S/C17H15ClN2O3S3/c1-9-15(26-17(19-9)12-5-6-13(18)25-12)16(22)20-10(8-14(21)23-2)11-4-3-7-24-11/h3-7,10H,8H2,1-2H3,(H,20,22). The molecule has 0 aromatic carbocycles. The van der Waals surface area contributed by atoms with Gasteiger partial charge in [-0.1, -0.05) is 17.7 Å². The maximum absolute atomic E-state index is 12.8. The van der Waals surface area contributed by atoms with Crippen LogP contribution in [0.3, 0.4) is 0 Å². The molecular formula is C17H15ClN2O3S3. The Labute approximate surface area is 167 Å². The van der Waals surface area contributed by atoms with Gasteiger partial charge in [-0.3, -0.25) is 9.59 Å². The number of esters is 1.